The highest BCUT2D eigenvalue weighted by molar-refractivity contribution is 5.85. The van der Waals surface area contributed by atoms with Crippen LogP contribution in [0.5, 0.6) is 0 Å². The molecule has 0 fully saturated rings. The first-order valence-corrected chi connectivity index (χ1v) is 12.1. The van der Waals surface area contributed by atoms with Crippen molar-refractivity contribution in [3.8, 4) is 0 Å². The summed E-state index contributed by atoms with van der Waals surface area (Å²) in [6, 6.07) is 0. The maximum Gasteiger partial charge on any atom is 0.313 e. The van der Waals surface area contributed by atoms with E-state index in [0.29, 0.717) is 12.8 Å². The topological polar surface area (TPSA) is 43.4 Å². The number of hydrogen-bond donors (Lipinski definition) is 0. The Kier molecular flexibility index (Phi) is 21.3. The Labute approximate surface area is 174 Å². The van der Waals surface area contributed by atoms with Gasteiger partial charge in [0, 0.05) is 12.8 Å². The van der Waals surface area contributed by atoms with E-state index in [1.807, 2.05) is 0 Å². The number of ether oxygens (including phenoxy) is 1. The Bertz CT molecular complexity index is 387. The zero-order valence-corrected chi connectivity index (χ0v) is 18.8. The number of allylic oxidation sites excluding steroid dienone is 2. The third kappa shape index (κ3) is 21.2. The summed E-state index contributed by atoms with van der Waals surface area (Å²) in [6.45, 7) is 4.39. The van der Waals surface area contributed by atoms with Gasteiger partial charge in [-0.15, -0.1) is 0 Å². The number of hydrogen-bond acceptors (Lipinski definition) is 3. The molecular weight excluding hydrogens is 348 g/mol. The van der Waals surface area contributed by atoms with Gasteiger partial charge in [0.25, 0.3) is 0 Å². The molecular formula is C25H46O3. The summed E-state index contributed by atoms with van der Waals surface area (Å²) in [6.07, 6.45) is 25.6. The van der Waals surface area contributed by atoms with Crippen LogP contribution < -0.4 is 0 Å². The molecule has 28 heavy (non-hydrogen) atoms. The van der Waals surface area contributed by atoms with Gasteiger partial charge in [0.15, 0.2) is 0 Å². The van der Waals surface area contributed by atoms with Crippen molar-refractivity contribution in [3.63, 3.8) is 0 Å². The van der Waals surface area contributed by atoms with Crippen LogP contribution in [0.1, 0.15) is 136 Å². The first-order chi connectivity index (χ1) is 13.7. The van der Waals surface area contributed by atoms with Crippen molar-refractivity contribution in [2.24, 2.45) is 0 Å². The fourth-order valence-electron chi connectivity index (χ4n) is 3.27. The standard InChI is InChI=1S/C25H46O3/c1-3-5-7-9-10-11-12-13-14-15-16-17-18-19-21-23-25(27)28-24(26)22-20-8-6-4-2/h13-14H,3-12,15-23H2,1-2H3. The minimum Gasteiger partial charge on any atom is -0.393 e. The second kappa shape index (κ2) is 22.2. The van der Waals surface area contributed by atoms with Crippen LogP contribution in [0.3, 0.4) is 0 Å². The van der Waals surface area contributed by atoms with Crippen LogP contribution in [0, 0.1) is 0 Å². The van der Waals surface area contributed by atoms with E-state index < -0.39 is 0 Å². The van der Waals surface area contributed by atoms with Gasteiger partial charge >= 0.3 is 11.9 Å². The van der Waals surface area contributed by atoms with E-state index >= 15 is 0 Å². The molecule has 0 aromatic heterocycles. The maximum absolute atomic E-state index is 11.6. The number of carbonyl (C=O) groups excluding carboxylic acids is 2. The van der Waals surface area contributed by atoms with Crippen LogP contribution in [0.15, 0.2) is 12.2 Å². The lowest BCUT2D eigenvalue weighted by Gasteiger charge is -2.03. The van der Waals surface area contributed by atoms with Gasteiger partial charge in [0.2, 0.25) is 0 Å². The molecule has 0 aromatic carbocycles. The predicted molar refractivity (Wildman–Crippen MR) is 119 cm³/mol. The zero-order chi connectivity index (χ0) is 20.7. The van der Waals surface area contributed by atoms with Crippen LogP contribution >= 0.6 is 0 Å². The van der Waals surface area contributed by atoms with Crippen molar-refractivity contribution < 1.29 is 14.3 Å². The molecule has 0 heterocycles. The zero-order valence-electron chi connectivity index (χ0n) is 18.8. The molecule has 0 aliphatic carbocycles. The average molecular weight is 395 g/mol. The van der Waals surface area contributed by atoms with E-state index in [9.17, 15) is 9.59 Å². The van der Waals surface area contributed by atoms with Crippen molar-refractivity contribution >= 4 is 11.9 Å². The second-order valence-electron chi connectivity index (χ2n) is 7.99. The number of carbonyl (C=O) groups is 2. The molecule has 0 radical (unpaired) electrons. The largest absolute Gasteiger partial charge is 0.393 e. The minimum atomic E-state index is -0.353. The van der Waals surface area contributed by atoms with Crippen molar-refractivity contribution in [2.75, 3.05) is 0 Å². The smallest absolute Gasteiger partial charge is 0.313 e. The van der Waals surface area contributed by atoms with Crippen LogP contribution in [-0.2, 0) is 14.3 Å². The molecule has 0 amide bonds. The Hall–Kier alpha value is -1.12. The molecule has 0 saturated heterocycles. The fraction of sp³-hybridized carbons (Fsp3) is 0.840. The molecule has 0 saturated carbocycles. The summed E-state index contributed by atoms with van der Waals surface area (Å²) in [7, 11) is 0. The van der Waals surface area contributed by atoms with E-state index in [4.69, 9.17) is 4.74 Å². The lowest BCUT2D eigenvalue weighted by molar-refractivity contribution is -0.159. The van der Waals surface area contributed by atoms with Gasteiger partial charge in [0.1, 0.15) is 0 Å². The molecule has 0 bridgehead atoms. The molecule has 0 aromatic rings. The molecule has 0 aliphatic heterocycles. The van der Waals surface area contributed by atoms with Crippen LogP contribution in [-0.4, -0.2) is 11.9 Å². The highest BCUT2D eigenvalue weighted by atomic mass is 16.6. The van der Waals surface area contributed by atoms with Crippen LogP contribution in [0.4, 0.5) is 0 Å². The normalized spacial score (nSPS) is 11.2. The van der Waals surface area contributed by atoms with Gasteiger partial charge in [-0.2, -0.15) is 0 Å². The molecule has 0 N–H and O–H groups in total. The first kappa shape index (κ1) is 26.9. The third-order valence-electron chi connectivity index (χ3n) is 5.10. The van der Waals surface area contributed by atoms with E-state index in [1.54, 1.807) is 0 Å². The summed E-state index contributed by atoms with van der Waals surface area (Å²) >= 11 is 0. The summed E-state index contributed by atoms with van der Waals surface area (Å²) in [4.78, 5) is 23.2. The number of rotatable bonds is 20. The van der Waals surface area contributed by atoms with Crippen molar-refractivity contribution in [1.82, 2.24) is 0 Å². The van der Waals surface area contributed by atoms with E-state index in [2.05, 4.69) is 26.0 Å². The van der Waals surface area contributed by atoms with Gasteiger partial charge < -0.3 is 4.74 Å². The monoisotopic (exact) mass is 394 g/mol. The van der Waals surface area contributed by atoms with Gasteiger partial charge in [-0.1, -0.05) is 96.6 Å². The summed E-state index contributed by atoms with van der Waals surface area (Å²) in [5.74, 6) is -0.702. The number of unbranched alkanes of at least 4 members (excludes halogenated alkanes) is 14. The van der Waals surface area contributed by atoms with E-state index in [0.717, 1.165) is 44.9 Å². The quantitative estimate of drug-likeness (QED) is 0.0907. The highest BCUT2D eigenvalue weighted by Gasteiger charge is 2.09. The summed E-state index contributed by atoms with van der Waals surface area (Å²) in [5, 5.41) is 0. The Morgan fingerprint density at radius 1 is 0.536 bits per heavy atom. The molecule has 3 nitrogen and oxygen atoms in total. The predicted octanol–water partition coefficient (Wildman–Crippen LogP) is 8.06. The Balaban J connectivity index is 3.32. The second-order valence-corrected chi connectivity index (χ2v) is 7.99. The van der Waals surface area contributed by atoms with Crippen molar-refractivity contribution in [1.29, 1.82) is 0 Å². The fourth-order valence-corrected chi connectivity index (χ4v) is 3.27. The number of esters is 2. The summed E-state index contributed by atoms with van der Waals surface area (Å²) in [5.41, 5.74) is 0. The van der Waals surface area contributed by atoms with Crippen molar-refractivity contribution in [2.45, 2.75) is 136 Å². The average Bonchev–Trinajstić information content (AvgIpc) is 2.68. The minimum absolute atomic E-state index is 0.349. The Morgan fingerprint density at radius 2 is 0.893 bits per heavy atom. The molecule has 0 unspecified atom stereocenters. The molecule has 3 heteroatoms. The maximum atomic E-state index is 11.6. The summed E-state index contributed by atoms with van der Waals surface area (Å²) < 4.78 is 4.86. The molecule has 0 aliphatic rings. The lowest BCUT2D eigenvalue weighted by atomic mass is 10.1. The Morgan fingerprint density at radius 3 is 1.36 bits per heavy atom. The lowest BCUT2D eigenvalue weighted by Crippen LogP contribution is -2.11. The third-order valence-corrected chi connectivity index (χ3v) is 5.10. The molecule has 0 spiro atoms. The van der Waals surface area contributed by atoms with Gasteiger partial charge in [-0.05, 0) is 38.5 Å². The van der Waals surface area contributed by atoms with Gasteiger partial charge in [0.05, 0.1) is 0 Å². The van der Waals surface area contributed by atoms with Gasteiger partial charge in [-0.3, -0.25) is 9.59 Å². The van der Waals surface area contributed by atoms with E-state index in [1.165, 1.54) is 64.2 Å². The van der Waals surface area contributed by atoms with Crippen LogP contribution in [0.25, 0.3) is 0 Å². The van der Waals surface area contributed by atoms with Crippen LogP contribution in [0.2, 0.25) is 0 Å². The highest BCUT2D eigenvalue weighted by Crippen LogP contribution is 2.11. The van der Waals surface area contributed by atoms with Gasteiger partial charge in [-0.25, -0.2) is 0 Å². The van der Waals surface area contributed by atoms with E-state index in [-0.39, 0.29) is 11.9 Å². The molecule has 164 valence electrons. The first-order valence-electron chi connectivity index (χ1n) is 12.1. The SMILES string of the molecule is CCCCCCCCC=CCCCCCCCC(=O)OC(=O)CCCCCC. The van der Waals surface area contributed by atoms with Crippen molar-refractivity contribution in [3.05, 3.63) is 12.2 Å². The molecule has 0 rings (SSSR count). The molecule has 0 atom stereocenters.